The van der Waals surface area contributed by atoms with Crippen LogP contribution in [-0.4, -0.2) is 25.0 Å². The fraction of sp³-hybridized carbons (Fsp3) is 0.500. The first-order valence-electron chi connectivity index (χ1n) is 5.01. The topological polar surface area (TPSA) is 41.1 Å². The Bertz CT molecular complexity index is 347. The van der Waals surface area contributed by atoms with E-state index in [9.17, 15) is 4.79 Å². The van der Waals surface area contributed by atoms with E-state index in [2.05, 4.69) is 33.2 Å². The molecule has 1 aromatic heterocycles. The number of amides is 1. The molecule has 1 atom stereocenters. The van der Waals surface area contributed by atoms with Gasteiger partial charge in [0.2, 0.25) is 0 Å². The molecule has 2 N–H and O–H groups in total. The van der Waals surface area contributed by atoms with Crippen molar-refractivity contribution in [1.29, 1.82) is 0 Å². The molecule has 0 saturated carbocycles. The Morgan fingerprint density at radius 2 is 2.53 bits per heavy atom. The van der Waals surface area contributed by atoms with Crippen molar-refractivity contribution in [1.82, 2.24) is 10.6 Å². The van der Waals surface area contributed by atoms with Gasteiger partial charge in [-0.1, -0.05) is 0 Å². The molecule has 1 saturated heterocycles. The molecule has 3 nitrogen and oxygen atoms in total. The van der Waals surface area contributed by atoms with Gasteiger partial charge in [0.15, 0.2) is 0 Å². The number of hydrogen-bond donors (Lipinski definition) is 2. The minimum absolute atomic E-state index is 0.0582. The number of piperidine rings is 1. The predicted molar refractivity (Wildman–Crippen MR) is 70.4 cm³/mol. The predicted octanol–water partition coefficient (Wildman–Crippen LogP) is 1.83. The lowest BCUT2D eigenvalue weighted by atomic mass is 10.1. The van der Waals surface area contributed by atoms with Crippen molar-refractivity contribution in [3.63, 3.8) is 0 Å². The van der Waals surface area contributed by atoms with E-state index in [0.29, 0.717) is 6.04 Å². The summed E-state index contributed by atoms with van der Waals surface area (Å²) in [5.41, 5.74) is 0.787. The van der Waals surface area contributed by atoms with Crippen LogP contribution in [0.15, 0.2) is 11.4 Å². The second kappa shape index (κ2) is 5.27. The van der Waals surface area contributed by atoms with E-state index in [1.54, 1.807) is 11.3 Å². The molecular formula is C10H13IN2OS. The van der Waals surface area contributed by atoms with Gasteiger partial charge in [-0.05, 0) is 48.0 Å². The average molecular weight is 336 g/mol. The van der Waals surface area contributed by atoms with Crippen LogP contribution in [0.1, 0.15) is 23.2 Å². The van der Waals surface area contributed by atoms with Gasteiger partial charge in [-0.2, -0.15) is 0 Å². The summed E-state index contributed by atoms with van der Waals surface area (Å²) >= 11 is 3.84. The number of carbonyl (C=O) groups is 1. The lowest BCUT2D eigenvalue weighted by Gasteiger charge is -2.23. The molecule has 1 fully saturated rings. The Balaban J connectivity index is 1.91. The maximum atomic E-state index is 11.8. The molecule has 1 aliphatic rings. The van der Waals surface area contributed by atoms with Crippen molar-refractivity contribution in [2.75, 3.05) is 13.1 Å². The summed E-state index contributed by atoms with van der Waals surface area (Å²) in [4.78, 5) is 11.8. The second-order valence-corrected chi connectivity index (χ2v) is 6.46. The van der Waals surface area contributed by atoms with Crippen molar-refractivity contribution in [2.45, 2.75) is 18.9 Å². The summed E-state index contributed by atoms with van der Waals surface area (Å²) in [5, 5.41) is 8.24. The fourth-order valence-electron chi connectivity index (χ4n) is 1.67. The Hall–Kier alpha value is -0.140. The third-order valence-electron chi connectivity index (χ3n) is 2.46. The molecular weight excluding hydrogens is 323 g/mol. The Morgan fingerprint density at radius 3 is 3.13 bits per heavy atom. The quantitative estimate of drug-likeness (QED) is 0.809. The lowest BCUT2D eigenvalue weighted by molar-refractivity contribution is 0.0931. The van der Waals surface area contributed by atoms with Crippen molar-refractivity contribution in [3.05, 3.63) is 19.9 Å². The van der Waals surface area contributed by atoms with E-state index in [-0.39, 0.29) is 5.91 Å². The van der Waals surface area contributed by atoms with E-state index >= 15 is 0 Å². The maximum absolute atomic E-state index is 11.8. The van der Waals surface area contributed by atoms with E-state index in [0.717, 1.165) is 34.4 Å². The smallest absolute Gasteiger partial charge is 0.252 e. The van der Waals surface area contributed by atoms with Crippen molar-refractivity contribution in [2.24, 2.45) is 0 Å². The summed E-state index contributed by atoms with van der Waals surface area (Å²) in [5.74, 6) is 0.0582. The van der Waals surface area contributed by atoms with Crippen LogP contribution in [0, 0.1) is 2.88 Å². The number of hydrogen-bond acceptors (Lipinski definition) is 3. The van der Waals surface area contributed by atoms with E-state index in [1.807, 2.05) is 11.4 Å². The monoisotopic (exact) mass is 336 g/mol. The van der Waals surface area contributed by atoms with E-state index in [4.69, 9.17) is 0 Å². The largest absolute Gasteiger partial charge is 0.348 e. The molecule has 1 aliphatic heterocycles. The number of halogens is 1. The molecule has 5 heteroatoms. The van der Waals surface area contributed by atoms with Crippen LogP contribution in [-0.2, 0) is 0 Å². The number of nitrogens with one attached hydrogen (secondary N) is 2. The van der Waals surface area contributed by atoms with Gasteiger partial charge in [0.05, 0.1) is 8.45 Å². The summed E-state index contributed by atoms with van der Waals surface area (Å²) < 4.78 is 1.15. The summed E-state index contributed by atoms with van der Waals surface area (Å²) in [6, 6.07) is 2.22. The van der Waals surface area contributed by atoms with Crippen LogP contribution in [0.3, 0.4) is 0 Å². The van der Waals surface area contributed by atoms with Crippen molar-refractivity contribution in [3.8, 4) is 0 Å². The minimum Gasteiger partial charge on any atom is -0.348 e. The summed E-state index contributed by atoms with van der Waals surface area (Å²) in [6.45, 7) is 1.97. The van der Waals surface area contributed by atoms with Crippen LogP contribution < -0.4 is 10.6 Å². The van der Waals surface area contributed by atoms with Crippen molar-refractivity contribution >= 4 is 39.8 Å². The molecule has 2 heterocycles. The van der Waals surface area contributed by atoms with Crippen molar-refractivity contribution < 1.29 is 4.79 Å². The summed E-state index contributed by atoms with van der Waals surface area (Å²) in [6.07, 6.45) is 2.23. The summed E-state index contributed by atoms with van der Waals surface area (Å²) in [7, 11) is 0. The number of thiophene rings is 1. The van der Waals surface area contributed by atoms with E-state index < -0.39 is 0 Å². The van der Waals surface area contributed by atoms with Crippen LogP contribution in [0.25, 0.3) is 0 Å². The van der Waals surface area contributed by atoms with Crippen LogP contribution in [0.4, 0.5) is 0 Å². The van der Waals surface area contributed by atoms with Gasteiger partial charge in [-0.15, -0.1) is 11.3 Å². The standard InChI is InChI=1S/C10H13IN2OS/c11-9-4-7(6-15-9)10(14)13-8-2-1-3-12-5-8/h4,6,8,12H,1-3,5H2,(H,13,14)/t8-/m1/s1. The van der Waals surface area contributed by atoms with Crippen LogP contribution in [0.2, 0.25) is 0 Å². The molecule has 82 valence electrons. The highest BCUT2D eigenvalue weighted by molar-refractivity contribution is 14.1. The molecule has 0 spiro atoms. The number of carbonyl (C=O) groups excluding carboxylic acids is 1. The molecule has 15 heavy (non-hydrogen) atoms. The maximum Gasteiger partial charge on any atom is 0.252 e. The van der Waals surface area contributed by atoms with Gasteiger partial charge < -0.3 is 10.6 Å². The fourth-order valence-corrected chi connectivity index (χ4v) is 3.00. The van der Waals surface area contributed by atoms with Gasteiger partial charge in [0.25, 0.3) is 5.91 Å². The molecule has 0 bridgehead atoms. The lowest BCUT2D eigenvalue weighted by Crippen LogP contribution is -2.45. The zero-order valence-corrected chi connectivity index (χ0v) is 11.2. The highest BCUT2D eigenvalue weighted by Gasteiger charge is 2.16. The molecule has 0 aliphatic carbocycles. The van der Waals surface area contributed by atoms with Crippen LogP contribution >= 0.6 is 33.9 Å². The third-order valence-corrected chi connectivity index (χ3v) is 4.25. The molecule has 0 aromatic carbocycles. The molecule has 0 unspecified atom stereocenters. The average Bonchev–Trinajstić information content (AvgIpc) is 2.66. The number of rotatable bonds is 2. The van der Waals surface area contributed by atoms with Gasteiger partial charge in [-0.25, -0.2) is 0 Å². The normalized spacial score (nSPS) is 21.3. The zero-order chi connectivity index (χ0) is 10.7. The third kappa shape index (κ3) is 3.15. The molecule has 0 radical (unpaired) electrons. The Kier molecular flexibility index (Phi) is 3.99. The molecule has 1 amide bonds. The minimum atomic E-state index is 0.0582. The van der Waals surface area contributed by atoms with Gasteiger partial charge in [0.1, 0.15) is 0 Å². The van der Waals surface area contributed by atoms with Gasteiger partial charge in [0, 0.05) is 18.0 Å². The first kappa shape index (κ1) is 11.3. The van der Waals surface area contributed by atoms with Gasteiger partial charge >= 0.3 is 0 Å². The molecule has 2 rings (SSSR count). The highest BCUT2D eigenvalue weighted by atomic mass is 127. The Morgan fingerprint density at radius 1 is 1.67 bits per heavy atom. The first-order valence-corrected chi connectivity index (χ1v) is 6.97. The van der Waals surface area contributed by atoms with Crippen LogP contribution in [0.5, 0.6) is 0 Å². The highest BCUT2D eigenvalue weighted by Crippen LogP contribution is 2.16. The molecule has 1 aromatic rings. The SMILES string of the molecule is O=C(N[C@@H]1CCCNC1)c1csc(I)c1. The first-order chi connectivity index (χ1) is 7.25. The zero-order valence-electron chi connectivity index (χ0n) is 8.25. The van der Waals surface area contributed by atoms with E-state index in [1.165, 1.54) is 0 Å². The van der Waals surface area contributed by atoms with Gasteiger partial charge in [-0.3, -0.25) is 4.79 Å². The Labute approximate surface area is 107 Å². The second-order valence-electron chi connectivity index (χ2n) is 3.66.